The van der Waals surface area contributed by atoms with Crippen molar-refractivity contribution in [2.45, 2.75) is 57.3 Å². The van der Waals surface area contributed by atoms with Gasteiger partial charge in [-0.15, -0.1) is 0 Å². The molecular weight excluding hydrogens is 346 g/mol. The van der Waals surface area contributed by atoms with Crippen LogP contribution in [0.3, 0.4) is 0 Å². The van der Waals surface area contributed by atoms with E-state index >= 15 is 0 Å². The average molecular weight is 366 g/mol. The molecule has 8 heteroatoms. The third-order valence-electron chi connectivity index (χ3n) is 4.26. The highest BCUT2D eigenvalue weighted by Crippen LogP contribution is 2.28. The number of hydrogen-bond acceptors (Lipinski definition) is 5. The minimum atomic E-state index is -3.09. The van der Waals surface area contributed by atoms with Gasteiger partial charge in [0, 0.05) is 0 Å². The largest absolute Gasteiger partial charge is 0.449 e. The number of carbonyl (C=O) groups is 2. The Bertz CT molecular complexity index is 697. The fraction of sp³-hybridized carbons (Fsp3) is 0.500. The molecule has 140 valence electrons. The van der Waals surface area contributed by atoms with E-state index in [9.17, 15) is 23.6 Å². The van der Waals surface area contributed by atoms with E-state index in [1.807, 2.05) is 0 Å². The van der Waals surface area contributed by atoms with Gasteiger partial charge in [0.25, 0.3) is 5.91 Å². The quantitative estimate of drug-likeness (QED) is 0.781. The molecule has 1 amide bonds. The molecule has 26 heavy (non-hydrogen) atoms. The van der Waals surface area contributed by atoms with Gasteiger partial charge in [-0.1, -0.05) is 31.4 Å². The number of amides is 1. The van der Waals surface area contributed by atoms with Gasteiger partial charge in [-0.25, -0.2) is 4.79 Å². The number of rotatable bonds is 6. The second-order valence-corrected chi connectivity index (χ2v) is 6.17. The molecule has 0 bridgehead atoms. The predicted octanol–water partition coefficient (Wildman–Crippen LogP) is 3.18. The molecule has 2 rings (SSSR count). The predicted molar refractivity (Wildman–Crippen MR) is 87.5 cm³/mol. The van der Waals surface area contributed by atoms with Crippen molar-refractivity contribution in [1.29, 1.82) is 5.26 Å². The molecular formula is C18H20F2N2O4. The molecule has 1 N–H and O–H groups in total. The molecule has 0 heterocycles. The van der Waals surface area contributed by atoms with Gasteiger partial charge in [0.1, 0.15) is 16.9 Å². The SMILES string of the molecule is CC(OC(=O)c1ccccc1OC(F)F)C(=O)NC1(C#N)CCCCC1. The van der Waals surface area contributed by atoms with Crippen molar-refractivity contribution >= 4 is 11.9 Å². The van der Waals surface area contributed by atoms with Crippen molar-refractivity contribution in [2.24, 2.45) is 0 Å². The monoisotopic (exact) mass is 366 g/mol. The highest BCUT2D eigenvalue weighted by molar-refractivity contribution is 5.94. The summed E-state index contributed by atoms with van der Waals surface area (Å²) in [6.45, 7) is -1.73. The Balaban J connectivity index is 2.03. The first-order valence-electron chi connectivity index (χ1n) is 8.35. The molecule has 1 fully saturated rings. The summed E-state index contributed by atoms with van der Waals surface area (Å²) in [5.41, 5.74) is -1.16. The van der Waals surface area contributed by atoms with Gasteiger partial charge in [0.05, 0.1) is 6.07 Å². The Labute approximate surface area is 150 Å². The highest BCUT2D eigenvalue weighted by Gasteiger charge is 2.35. The minimum Gasteiger partial charge on any atom is -0.449 e. The van der Waals surface area contributed by atoms with E-state index in [1.54, 1.807) is 0 Å². The number of hydrogen-bond donors (Lipinski definition) is 1. The Morgan fingerprint density at radius 2 is 1.88 bits per heavy atom. The van der Waals surface area contributed by atoms with Crippen molar-refractivity contribution in [2.75, 3.05) is 0 Å². The lowest BCUT2D eigenvalue weighted by Gasteiger charge is -2.32. The lowest BCUT2D eigenvalue weighted by molar-refractivity contribution is -0.130. The molecule has 6 nitrogen and oxygen atoms in total. The summed E-state index contributed by atoms with van der Waals surface area (Å²) >= 11 is 0. The normalized spacial score (nSPS) is 17.0. The third-order valence-corrected chi connectivity index (χ3v) is 4.26. The van der Waals surface area contributed by atoms with Crippen LogP contribution in [0.25, 0.3) is 0 Å². The van der Waals surface area contributed by atoms with Crippen LogP contribution in [0.2, 0.25) is 0 Å². The Morgan fingerprint density at radius 3 is 2.50 bits per heavy atom. The summed E-state index contributed by atoms with van der Waals surface area (Å²) in [4.78, 5) is 24.5. The number of ether oxygens (including phenoxy) is 2. The fourth-order valence-corrected chi connectivity index (χ4v) is 2.87. The van der Waals surface area contributed by atoms with Crippen LogP contribution < -0.4 is 10.1 Å². The molecule has 1 aliphatic carbocycles. The van der Waals surface area contributed by atoms with E-state index in [1.165, 1.54) is 31.2 Å². The zero-order chi connectivity index (χ0) is 19.2. The molecule has 0 aromatic heterocycles. The number of halogens is 2. The Hall–Kier alpha value is -2.69. The van der Waals surface area contributed by atoms with Gasteiger partial charge in [0.15, 0.2) is 6.10 Å². The summed E-state index contributed by atoms with van der Waals surface area (Å²) in [6.07, 6.45) is 2.57. The van der Waals surface area contributed by atoms with E-state index < -0.39 is 30.1 Å². The molecule has 1 aromatic rings. The van der Waals surface area contributed by atoms with Gasteiger partial charge in [-0.2, -0.15) is 14.0 Å². The first kappa shape index (κ1) is 19.6. The van der Waals surface area contributed by atoms with Crippen molar-refractivity contribution < 1.29 is 27.8 Å². The van der Waals surface area contributed by atoms with Gasteiger partial charge in [-0.3, -0.25) is 4.79 Å². The zero-order valence-electron chi connectivity index (χ0n) is 14.3. The summed E-state index contributed by atoms with van der Waals surface area (Å²) in [6, 6.07) is 7.52. The molecule has 1 aliphatic rings. The van der Waals surface area contributed by atoms with Crippen molar-refractivity contribution in [3.05, 3.63) is 29.8 Å². The Morgan fingerprint density at radius 1 is 1.23 bits per heavy atom. The van der Waals surface area contributed by atoms with Crippen LogP contribution in [0.1, 0.15) is 49.4 Å². The van der Waals surface area contributed by atoms with Crippen LogP contribution in [0, 0.1) is 11.3 Å². The summed E-state index contributed by atoms with van der Waals surface area (Å²) < 4.78 is 34.2. The van der Waals surface area contributed by atoms with Crippen molar-refractivity contribution in [3.8, 4) is 11.8 Å². The summed E-state index contributed by atoms with van der Waals surface area (Å²) in [5, 5.41) is 12.0. The standard InChI is InChI=1S/C18H20F2N2O4/c1-12(15(23)22-18(11-21)9-5-2-6-10-18)25-16(24)13-7-3-4-8-14(13)26-17(19)20/h3-4,7-8,12,17H,2,5-6,9-10H2,1H3,(H,22,23). The number of carbonyl (C=O) groups excluding carboxylic acids is 2. The lowest BCUT2D eigenvalue weighted by Crippen LogP contribution is -2.52. The number of esters is 1. The van der Waals surface area contributed by atoms with Crippen LogP contribution in [0.15, 0.2) is 24.3 Å². The highest BCUT2D eigenvalue weighted by atomic mass is 19.3. The second-order valence-electron chi connectivity index (χ2n) is 6.17. The van der Waals surface area contributed by atoms with Crippen LogP contribution >= 0.6 is 0 Å². The van der Waals surface area contributed by atoms with E-state index in [0.29, 0.717) is 12.8 Å². The number of nitriles is 1. The molecule has 1 saturated carbocycles. The molecule has 1 atom stereocenters. The first-order chi connectivity index (χ1) is 12.4. The molecule has 0 aliphatic heterocycles. The number of benzene rings is 1. The number of nitrogens with one attached hydrogen (secondary N) is 1. The van der Waals surface area contributed by atoms with Gasteiger partial charge in [0.2, 0.25) is 0 Å². The van der Waals surface area contributed by atoms with E-state index in [4.69, 9.17) is 4.74 Å². The van der Waals surface area contributed by atoms with Gasteiger partial charge < -0.3 is 14.8 Å². The van der Waals surface area contributed by atoms with E-state index in [-0.39, 0.29) is 11.3 Å². The number of para-hydroxylation sites is 1. The molecule has 1 aromatic carbocycles. The van der Waals surface area contributed by atoms with Crippen LogP contribution in [0.4, 0.5) is 8.78 Å². The Kier molecular flexibility index (Phi) is 6.50. The topological polar surface area (TPSA) is 88.4 Å². The minimum absolute atomic E-state index is 0.208. The zero-order valence-corrected chi connectivity index (χ0v) is 14.3. The number of alkyl halides is 2. The molecule has 1 unspecified atom stereocenters. The maximum atomic E-state index is 12.4. The summed E-state index contributed by atoms with van der Waals surface area (Å²) in [5.74, 6) is -1.89. The maximum Gasteiger partial charge on any atom is 0.387 e. The van der Waals surface area contributed by atoms with Crippen molar-refractivity contribution in [3.63, 3.8) is 0 Å². The van der Waals surface area contributed by atoms with Crippen LogP contribution in [-0.4, -0.2) is 30.1 Å². The summed E-state index contributed by atoms with van der Waals surface area (Å²) in [7, 11) is 0. The first-order valence-corrected chi connectivity index (χ1v) is 8.35. The van der Waals surface area contributed by atoms with Crippen molar-refractivity contribution in [1.82, 2.24) is 5.32 Å². The average Bonchev–Trinajstić information content (AvgIpc) is 2.62. The van der Waals surface area contributed by atoms with E-state index in [0.717, 1.165) is 19.3 Å². The van der Waals surface area contributed by atoms with Gasteiger partial charge >= 0.3 is 12.6 Å². The molecule has 0 saturated heterocycles. The molecule has 0 spiro atoms. The smallest absolute Gasteiger partial charge is 0.387 e. The molecule has 0 radical (unpaired) electrons. The van der Waals surface area contributed by atoms with Crippen LogP contribution in [0.5, 0.6) is 5.75 Å². The number of nitrogens with zero attached hydrogens (tertiary/aromatic N) is 1. The van der Waals surface area contributed by atoms with E-state index in [2.05, 4.69) is 16.1 Å². The third kappa shape index (κ3) is 4.91. The lowest BCUT2D eigenvalue weighted by atomic mass is 9.83. The fourth-order valence-electron chi connectivity index (χ4n) is 2.87. The maximum absolute atomic E-state index is 12.4. The second kappa shape index (κ2) is 8.61. The van der Waals surface area contributed by atoms with Gasteiger partial charge in [-0.05, 0) is 31.9 Å². The van der Waals surface area contributed by atoms with Crippen LogP contribution in [-0.2, 0) is 9.53 Å².